The number of hydrogen-bond acceptors (Lipinski definition) is 5. The SMILES string of the molecule is COCC(=O)C1(c2ccccc2)NN[CH]S1. The fourth-order valence-electron chi connectivity index (χ4n) is 1.62. The van der Waals surface area contributed by atoms with Gasteiger partial charge in [-0.25, -0.2) is 10.9 Å². The summed E-state index contributed by atoms with van der Waals surface area (Å²) in [4.78, 5) is 11.3. The first-order valence-corrected chi connectivity index (χ1v) is 5.77. The van der Waals surface area contributed by atoms with E-state index in [1.54, 1.807) is 5.88 Å². The van der Waals surface area contributed by atoms with Gasteiger partial charge in [-0.3, -0.25) is 4.79 Å². The Bertz CT molecular complexity index is 364. The zero-order chi connectivity index (χ0) is 11.4. The number of benzene rings is 1. The summed E-state index contributed by atoms with van der Waals surface area (Å²) >= 11 is 1.41. The van der Waals surface area contributed by atoms with Crippen LogP contribution in [0.3, 0.4) is 0 Å². The number of Topliss-reactive ketones (excluding diaryl/α,β-unsaturated/α-hetero) is 1. The predicted molar refractivity (Wildman–Crippen MR) is 63.2 cm³/mol. The summed E-state index contributed by atoms with van der Waals surface area (Å²) in [5.41, 5.74) is 6.78. The van der Waals surface area contributed by atoms with Crippen LogP contribution < -0.4 is 10.9 Å². The number of carbonyl (C=O) groups is 1. The third kappa shape index (κ3) is 1.99. The van der Waals surface area contributed by atoms with E-state index in [1.165, 1.54) is 18.9 Å². The van der Waals surface area contributed by atoms with Crippen LogP contribution in [0, 0.1) is 5.88 Å². The largest absolute Gasteiger partial charge is 0.377 e. The molecule has 5 heteroatoms. The molecule has 0 bridgehead atoms. The van der Waals surface area contributed by atoms with Crippen LogP contribution in [0.15, 0.2) is 30.3 Å². The molecule has 2 N–H and O–H groups in total. The second-order valence-corrected chi connectivity index (χ2v) is 4.49. The third-order valence-electron chi connectivity index (χ3n) is 2.39. The topological polar surface area (TPSA) is 50.4 Å². The van der Waals surface area contributed by atoms with Crippen LogP contribution in [0.2, 0.25) is 0 Å². The van der Waals surface area contributed by atoms with Crippen molar-refractivity contribution in [2.75, 3.05) is 13.7 Å². The van der Waals surface area contributed by atoms with Crippen molar-refractivity contribution in [2.24, 2.45) is 0 Å². The number of carbonyl (C=O) groups excluding carboxylic acids is 1. The smallest absolute Gasteiger partial charge is 0.194 e. The fraction of sp³-hybridized carbons (Fsp3) is 0.273. The molecule has 4 nitrogen and oxygen atoms in total. The molecule has 0 aliphatic carbocycles. The Morgan fingerprint density at radius 3 is 2.75 bits per heavy atom. The maximum atomic E-state index is 12.1. The fourth-order valence-corrected chi connectivity index (χ4v) is 2.50. The lowest BCUT2D eigenvalue weighted by Gasteiger charge is -2.26. The van der Waals surface area contributed by atoms with E-state index < -0.39 is 4.87 Å². The average molecular weight is 237 g/mol. The second-order valence-electron chi connectivity index (χ2n) is 3.41. The molecule has 1 aromatic carbocycles. The van der Waals surface area contributed by atoms with Gasteiger partial charge in [0.2, 0.25) is 0 Å². The van der Waals surface area contributed by atoms with Crippen LogP contribution in [-0.4, -0.2) is 19.5 Å². The molecule has 1 aliphatic heterocycles. The van der Waals surface area contributed by atoms with Gasteiger partial charge in [-0.1, -0.05) is 30.3 Å². The van der Waals surface area contributed by atoms with E-state index in [-0.39, 0.29) is 12.4 Å². The van der Waals surface area contributed by atoms with Gasteiger partial charge in [-0.2, -0.15) is 0 Å². The third-order valence-corrected chi connectivity index (χ3v) is 3.55. The maximum absolute atomic E-state index is 12.1. The molecule has 1 atom stereocenters. The number of methoxy groups -OCH3 is 1. The van der Waals surface area contributed by atoms with Crippen molar-refractivity contribution in [3.63, 3.8) is 0 Å². The predicted octanol–water partition coefficient (Wildman–Crippen LogP) is 1.02. The van der Waals surface area contributed by atoms with E-state index >= 15 is 0 Å². The van der Waals surface area contributed by atoms with E-state index in [0.29, 0.717) is 0 Å². The van der Waals surface area contributed by atoms with Gasteiger partial charge in [0.05, 0.1) is 5.88 Å². The van der Waals surface area contributed by atoms with Crippen LogP contribution >= 0.6 is 11.8 Å². The average Bonchev–Trinajstić information content (AvgIpc) is 2.81. The van der Waals surface area contributed by atoms with Gasteiger partial charge in [0.25, 0.3) is 0 Å². The minimum Gasteiger partial charge on any atom is -0.377 e. The Labute approximate surface area is 98.7 Å². The summed E-state index contributed by atoms with van der Waals surface area (Å²) in [6.07, 6.45) is 0. The zero-order valence-electron chi connectivity index (χ0n) is 8.90. The first kappa shape index (κ1) is 11.6. The molecular formula is C11H13N2O2S. The van der Waals surface area contributed by atoms with Crippen molar-refractivity contribution in [2.45, 2.75) is 4.87 Å². The number of thioether (sulfide) groups is 1. The molecule has 0 aromatic heterocycles. The second kappa shape index (κ2) is 4.97. The van der Waals surface area contributed by atoms with Gasteiger partial charge in [-0.15, -0.1) is 11.8 Å². The summed E-state index contributed by atoms with van der Waals surface area (Å²) < 4.78 is 4.92. The number of hydrazine groups is 1. The number of ketones is 1. The molecule has 1 aromatic rings. The Hall–Kier alpha value is -0.880. The van der Waals surface area contributed by atoms with Crippen LogP contribution in [-0.2, 0) is 14.4 Å². The number of nitrogens with one attached hydrogen (secondary N) is 2. The lowest BCUT2D eigenvalue weighted by Crippen LogP contribution is -2.47. The summed E-state index contributed by atoms with van der Waals surface area (Å²) in [5, 5.41) is 0. The normalized spacial score (nSPS) is 24.6. The molecule has 1 saturated heterocycles. The number of ether oxygens (including phenoxy) is 1. The molecule has 1 unspecified atom stereocenters. The van der Waals surface area contributed by atoms with Crippen LogP contribution in [0.25, 0.3) is 0 Å². The summed E-state index contributed by atoms with van der Waals surface area (Å²) in [6.45, 7) is 0.0877. The van der Waals surface area contributed by atoms with Crippen molar-refractivity contribution in [3.8, 4) is 0 Å². The van der Waals surface area contributed by atoms with Crippen LogP contribution in [0.5, 0.6) is 0 Å². The van der Waals surface area contributed by atoms with E-state index in [9.17, 15) is 4.79 Å². The summed E-state index contributed by atoms with van der Waals surface area (Å²) in [6, 6.07) is 9.60. The molecule has 0 saturated carbocycles. The van der Waals surface area contributed by atoms with Gasteiger partial charge in [0, 0.05) is 7.11 Å². The molecule has 0 amide bonds. The first-order chi connectivity index (χ1) is 7.79. The highest BCUT2D eigenvalue weighted by atomic mass is 32.2. The summed E-state index contributed by atoms with van der Waals surface area (Å²) in [5.74, 6) is 1.76. The van der Waals surface area contributed by atoms with E-state index in [4.69, 9.17) is 4.74 Å². The Morgan fingerprint density at radius 1 is 1.44 bits per heavy atom. The van der Waals surface area contributed by atoms with Crippen molar-refractivity contribution in [3.05, 3.63) is 41.8 Å². The van der Waals surface area contributed by atoms with E-state index in [2.05, 4.69) is 10.9 Å². The lowest BCUT2D eigenvalue weighted by molar-refractivity contribution is -0.126. The van der Waals surface area contributed by atoms with Gasteiger partial charge in [0.1, 0.15) is 6.61 Å². The molecule has 1 aliphatic rings. The standard InChI is InChI=1S/C11H13N2O2S/c1-15-7-10(14)11(13-12-8-16-11)9-5-3-2-4-6-9/h2-6,8,12-13H,7H2,1H3. The van der Waals surface area contributed by atoms with Crippen LogP contribution in [0.4, 0.5) is 0 Å². The highest BCUT2D eigenvalue weighted by Crippen LogP contribution is 2.38. The minimum atomic E-state index is -0.767. The van der Waals surface area contributed by atoms with Gasteiger partial charge in [0.15, 0.2) is 10.7 Å². The van der Waals surface area contributed by atoms with E-state index in [1.807, 2.05) is 30.3 Å². The molecule has 0 spiro atoms. The molecule has 1 radical (unpaired) electrons. The highest BCUT2D eigenvalue weighted by molar-refractivity contribution is 8.03. The Morgan fingerprint density at radius 2 is 2.19 bits per heavy atom. The van der Waals surface area contributed by atoms with Gasteiger partial charge >= 0.3 is 0 Å². The lowest BCUT2D eigenvalue weighted by atomic mass is 10.0. The molecule has 85 valence electrons. The zero-order valence-corrected chi connectivity index (χ0v) is 9.71. The van der Waals surface area contributed by atoms with Crippen molar-refractivity contribution < 1.29 is 9.53 Å². The van der Waals surface area contributed by atoms with Crippen molar-refractivity contribution >= 4 is 17.5 Å². The Kier molecular flexibility index (Phi) is 3.60. The van der Waals surface area contributed by atoms with Crippen molar-refractivity contribution in [1.82, 2.24) is 10.9 Å². The minimum absolute atomic E-state index is 0.00699. The molecule has 16 heavy (non-hydrogen) atoms. The van der Waals surface area contributed by atoms with E-state index in [0.717, 1.165) is 5.56 Å². The monoisotopic (exact) mass is 237 g/mol. The Balaban J connectivity index is 2.32. The summed E-state index contributed by atoms with van der Waals surface area (Å²) in [7, 11) is 1.52. The van der Waals surface area contributed by atoms with Gasteiger partial charge < -0.3 is 4.74 Å². The molecule has 1 heterocycles. The highest BCUT2D eigenvalue weighted by Gasteiger charge is 2.43. The van der Waals surface area contributed by atoms with Crippen molar-refractivity contribution in [1.29, 1.82) is 0 Å². The van der Waals surface area contributed by atoms with Gasteiger partial charge in [-0.05, 0) is 5.56 Å². The number of hydrogen-bond donors (Lipinski definition) is 2. The first-order valence-electron chi connectivity index (χ1n) is 4.89. The quantitative estimate of drug-likeness (QED) is 0.818. The molecule has 1 fully saturated rings. The molecular weight excluding hydrogens is 224 g/mol. The maximum Gasteiger partial charge on any atom is 0.194 e. The van der Waals surface area contributed by atoms with Crippen LogP contribution in [0.1, 0.15) is 5.56 Å². The number of rotatable bonds is 4. The molecule has 2 rings (SSSR count).